The Balaban J connectivity index is 2.08. The summed E-state index contributed by atoms with van der Waals surface area (Å²) < 4.78 is 0. The highest BCUT2D eigenvalue weighted by Crippen LogP contribution is 2.43. The van der Waals surface area contributed by atoms with Gasteiger partial charge in [0.05, 0.1) is 11.1 Å². The van der Waals surface area contributed by atoms with Crippen LogP contribution in [0.1, 0.15) is 55.2 Å². The fourth-order valence-electron chi connectivity index (χ4n) is 3.75. The second kappa shape index (κ2) is 7.47. The lowest BCUT2D eigenvalue weighted by molar-refractivity contribution is 0.187. The van der Waals surface area contributed by atoms with Crippen LogP contribution in [0.5, 0.6) is 0 Å². The monoisotopic (exact) mass is 392 g/mol. The Morgan fingerprint density at radius 3 is 2.50 bits per heavy atom. The Labute approximate surface area is 172 Å². The number of benzene rings is 1. The van der Waals surface area contributed by atoms with Crippen LogP contribution in [0.2, 0.25) is 0 Å². The second-order valence-electron chi connectivity index (χ2n) is 8.63. The molecule has 1 fully saturated rings. The summed E-state index contributed by atoms with van der Waals surface area (Å²) in [5.74, 6) is 4.17. The number of hydrogen-bond donors (Lipinski definition) is 1. The number of hydrogen-bond acceptors (Lipinski definition) is 5. The molecule has 2 heterocycles. The molecule has 1 N–H and O–H groups in total. The average molecular weight is 393 g/mol. The van der Waals surface area contributed by atoms with Crippen molar-refractivity contribution in [2.24, 2.45) is 4.99 Å². The SMILES string of the molecule is CN=C=C1N[C@](C)(c2cc(C#N)cs2)C(c2ccc(C(C)(C)C)cc2)CN1C. The lowest BCUT2D eigenvalue weighted by atomic mass is 9.76. The van der Waals surface area contributed by atoms with Crippen LogP contribution in [0.25, 0.3) is 0 Å². The standard InChI is InChI=1S/C23H28N4S/c1-22(2,3)18-9-7-17(8-10-18)19-14-27(6)21(13-25-5)26-23(19,4)20-11-16(12-24)15-28-20/h7-11,15,19,26H,14H2,1-6H3/t19?,23-/m0/s1. The molecule has 1 unspecified atom stereocenters. The molecule has 2 atom stereocenters. The van der Waals surface area contributed by atoms with Crippen LogP contribution in [0.4, 0.5) is 0 Å². The molecule has 1 aromatic heterocycles. The van der Waals surface area contributed by atoms with E-state index >= 15 is 0 Å². The zero-order valence-electron chi connectivity index (χ0n) is 17.5. The van der Waals surface area contributed by atoms with Crippen molar-refractivity contribution in [1.29, 1.82) is 5.26 Å². The third kappa shape index (κ3) is 3.71. The van der Waals surface area contributed by atoms with E-state index in [1.54, 1.807) is 18.4 Å². The maximum Gasteiger partial charge on any atom is 0.166 e. The van der Waals surface area contributed by atoms with Crippen LogP contribution in [0.15, 0.2) is 46.5 Å². The molecule has 1 aliphatic heterocycles. The summed E-state index contributed by atoms with van der Waals surface area (Å²) in [5, 5.41) is 14.9. The van der Waals surface area contributed by atoms with E-state index in [1.807, 2.05) is 11.4 Å². The van der Waals surface area contributed by atoms with E-state index in [1.165, 1.54) is 11.1 Å². The molecule has 1 saturated heterocycles. The van der Waals surface area contributed by atoms with Crippen LogP contribution in [0.3, 0.4) is 0 Å². The van der Waals surface area contributed by atoms with E-state index in [0.717, 1.165) is 17.2 Å². The van der Waals surface area contributed by atoms with Gasteiger partial charge in [-0.2, -0.15) is 5.26 Å². The van der Waals surface area contributed by atoms with Gasteiger partial charge in [-0.25, -0.2) is 4.99 Å². The van der Waals surface area contributed by atoms with Crippen molar-refractivity contribution >= 4 is 17.2 Å². The molecule has 0 amide bonds. The van der Waals surface area contributed by atoms with Gasteiger partial charge in [0, 0.05) is 42.7 Å². The summed E-state index contributed by atoms with van der Waals surface area (Å²) in [6, 6.07) is 13.2. The number of nitrogens with zero attached hydrogens (tertiary/aromatic N) is 3. The molecule has 4 nitrogen and oxygen atoms in total. The Kier molecular flexibility index (Phi) is 5.39. The average Bonchev–Trinajstić information content (AvgIpc) is 3.14. The maximum atomic E-state index is 9.30. The number of likely N-dealkylation sites (N-methyl/N-ethyl adjacent to an activating group) is 1. The number of nitrogens with one attached hydrogen (secondary N) is 1. The maximum absolute atomic E-state index is 9.30. The van der Waals surface area contributed by atoms with Gasteiger partial charge in [0.25, 0.3) is 0 Å². The van der Waals surface area contributed by atoms with Crippen molar-refractivity contribution in [3.63, 3.8) is 0 Å². The van der Waals surface area contributed by atoms with Crippen molar-refractivity contribution in [3.05, 3.63) is 63.1 Å². The first-order chi connectivity index (χ1) is 13.2. The summed E-state index contributed by atoms with van der Waals surface area (Å²) in [6.45, 7) is 9.76. The van der Waals surface area contributed by atoms with Crippen molar-refractivity contribution in [2.75, 3.05) is 20.6 Å². The molecule has 28 heavy (non-hydrogen) atoms. The minimum atomic E-state index is -0.345. The molecule has 0 saturated carbocycles. The number of rotatable bonds is 2. The Bertz CT molecular complexity index is 952. The Morgan fingerprint density at radius 2 is 1.96 bits per heavy atom. The van der Waals surface area contributed by atoms with Gasteiger partial charge in [0.15, 0.2) is 5.82 Å². The fraction of sp³-hybridized carbons (Fsp3) is 0.435. The molecule has 1 aliphatic rings. The van der Waals surface area contributed by atoms with E-state index < -0.39 is 0 Å². The van der Waals surface area contributed by atoms with Crippen LogP contribution < -0.4 is 5.32 Å². The van der Waals surface area contributed by atoms with Crippen molar-refractivity contribution in [2.45, 2.75) is 44.6 Å². The highest BCUT2D eigenvalue weighted by Gasteiger charge is 2.43. The second-order valence-corrected chi connectivity index (χ2v) is 9.54. The molecule has 5 heteroatoms. The molecule has 3 rings (SSSR count). The van der Waals surface area contributed by atoms with E-state index in [-0.39, 0.29) is 16.9 Å². The summed E-state index contributed by atoms with van der Waals surface area (Å²) >= 11 is 1.63. The molecule has 2 aromatic rings. The number of aliphatic imine (C=N–C) groups is 1. The largest absolute Gasteiger partial charge is 0.353 e. The van der Waals surface area contributed by atoms with Crippen LogP contribution >= 0.6 is 11.3 Å². The van der Waals surface area contributed by atoms with Gasteiger partial charge in [0.2, 0.25) is 0 Å². The third-order valence-electron chi connectivity index (χ3n) is 5.55. The van der Waals surface area contributed by atoms with Gasteiger partial charge in [-0.1, -0.05) is 45.0 Å². The minimum absolute atomic E-state index is 0.131. The van der Waals surface area contributed by atoms with Crippen molar-refractivity contribution in [1.82, 2.24) is 10.2 Å². The summed E-state index contributed by atoms with van der Waals surface area (Å²) in [5.41, 5.74) is 3.11. The van der Waals surface area contributed by atoms with Gasteiger partial charge >= 0.3 is 0 Å². The first kappa shape index (κ1) is 20.2. The predicted molar refractivity (Wildman–Crippen MR) is 117 cm³/mol. The number of nitriles is 1. The highest BCUT2D eigenvalue weighted by atomic mass is 32.1. The zero-order valence-corrected chi connectivity index (χ0v) is 18.3. The normalized spacial score (nSPS) is 22.2. The fourth-order valence-corrected chi connectivity index (χ4v) is 4.76. The molecular formula is C23H28N4S. The Hall–Kier alpha value is -2.54. The third-order valence-corrected chi connectivity index (χ3v) is 6.72. The van der Waals surface area contributed by atoms with Gasteiger partial charge < -0.3 is 10.2 Å². The van der Waals surface area contributed by atoms with Gasteiger partial charge in [-0.15, -0.1) is 11.3 Å². The van der Waals surface area contributed by atoms with E-state index in [9.17, 15) is 5.26 Å². The van der Waals surface area contributed by atoms with Crippen molar-refractivity contribution in [3.8, 4) is 6.07 Å². The molecule has 146 valence electrons. The zero-order chi connectivity index (χ0) is 20.5. The topological polar surface area (TPSA) is 51.4 Å². The van der Waals surface area contributed by atoms with Crippen LogP contribution in [-0.2, 0) is 11.0 Å². The summed E-state index contributed by atoms with van der Waals surface area (Å²) in [6.07, 6.45) is 0. The van der Waals surface area contributed by atoms with E-state index in [2.05, 4.69) is 86.2 Å². The lowest BCUT2D eigenvalue weighted by Gasteiger charge is -2.47. The first-order valence-corrected chi connectivity index (χ1v) is 10.4. The van der Waals surface area contributed by atoms with Gasteiger partial charge in [-0.3, -0.25) is 0 Å². The van der Waals surface area contributed by atoms with Crippen LogP contribution in [-0.4, -0.2) is 31.4 Å². The first-order valence-electron chi connectivity index (χ1n) is 9.49. The molecule has 0 aliphatic carbocycles. The smallest absolute Gasteiger partial charge is 0.166 e. The van der Waals surface area contributed by atoms with Crippen LogP contribution in [0, 0.1) is 11.3 Å². The minimum Gasteiger partial charge on any atom is -0.353 e. The molecule has 1 aromatic carbocycles. The summed E-state index contributed by atoms with van der Waals surface area (Å²) in [7, 11) is 3.79. The van der Waals surface area contributed by atoms with Gasteiger partial charge in [-0.05, 0) is 29.5 Å². The molecule has 0 bridgehead atoms. The Morgan fingerprint density at radius 1 is 1.29 bits per heavy atom. The van der Waals surface area contributed by atoms with E-state index in [4.69, 9.17) is 0 Å². The van der Waals surface area contributed by atoms with Crippen molar-refractivity contribution < 1.29 is 0 Å². The predicted octanol–water partition coefficient (Wildman–Crippen LogP) is 4.59. The molecule has 0 radical (unpaired) electrons. The summed E-state index contributed by atoms with van der Waals surface area (Å²) in [4.78, 5) is 7.40. The quantitative estimate of drug-likeness (QED) is 0.761. The molecule has 0 spiro atoms. The number of thiophene rings is 1. The van der Waals surface area contributed by atoms with E-state index in [0.29, 0.717) is 5.56 Å². The molecular weight excluding hydrogens is 364 g/mol. The highest BCUT2D eigenvalue weighted by molar-refractivity contribution is 7.10. The van der Waals surface area contributed by atoms with Gasteiger partial charge in [0.1, 0.15) is 6.07 Å². The lowest BCUT2D eigenvalue weighted by Crippen LogP contribution is -2.55.